The number of ether oxygens (including phenoxy) is 5. The van der Waals surface area contributed by atoms with Crippen molar-refractivity contribution in [1.82, 2.24) is 26.6 Å². The van der Waals surface area contributed by atoms with Gasteiger partial charge < -0.3 is 70.5 Å². The lowest BCUT2D eigenvalue weighted by Gasteiger charge is -2.42. The molecule has 0 unspecified atom stereocenters. The number of amides is 5. The third kappa shape index (κ3) is 14.8. The average Bonchev–Trinajstić information content (AvgIpc) is 0.807. The Morgan fingerprint density at radius 2 is 1.37 bits per heavy atom. The van der Waals surface area contributed by atoms with Crippen molar-refractivity contribution in [2.75, 3.05) is 28.4 Å². The van der Waals surface area contributed by atoms with Gasteiger partial charge in [0.15, 0.2) is 31.4 Å². The number of aryl methyl sites for hydroxylation is 1. The van der Waals surface area contributed by atoms with Crippen molar-refractivity contribution >= 4 is 79.7 Å². The molecule has 0 aliphatic carbocycles. The summed E-state index contributed by atoms with van der Waals surface area (Å²) in [6.45, 7) is 17.3. The van der Waals surface area contributed by atoms with Crippen molar-refractivity contribution in [3.63, 3.8) is 0 Å². The van der Waals surface area contributed by atoms with E-state index in [1.165, 1.54) is 45.6 Å². The van der Waals surface area contributed by atoms with Crippen LogP contribution in [0.4, 0.5) is 0 Å². The summed E-state index contributed by atoms with van der Waals surface area (Å²) in [5, 5.41) is 36.4. The molecule has 0 saturated heterocycles. The lowest BCUT2D eigenvalue weighted by molar-refractivity contribution is -0.137. The number of nitrogens with one attached hydrogen (secondary N) is 5. The van der Waals surface area contributed by atoms with Crippen molar-refractivity contribution in [3.05, 3.63) is 122 Å². The number of hydrogen-bond donors (Lipinski definition) is 8. The van der Waals surface area contributed by atoms with E-state index in [2.05, 4.69) is 26.6 Å². The molecule has 90 heavy (non-hydrogen) atoms. The number of benzene rings is 5. The number of methoxy groups -OCH3 is 3. The summed E-state index contributed by atoms with van der Waals surface area (Å²) < 4.78 is 38.3. The highest BCUT2D eigenvalue weighted by atomic mass is 35.5. The largest absolute Gasteiger partial charge is 0.496 e. The third-order valence-corrected chi connectivity index (χ3v) is 22.4. The Balaban J connectivity index is 1.41. The van der Waals surface area contributed by atoms with Gasteiger partial charge in [0.1, 0.15) is 41.1 Å². The number of hydrogen-bond acceptors (Lipinski definition) is 16. The van der Waals surface area contributed by atoms with Gasteiger partial charge in [-0.2, -0.15) is 0 Å². The fourth-order valence-corrected chi connectivity index (χ4v) is 13.2. The van der Waals surface area contributed by atoms with Gasteiger partial charge in [0.05, 0.1) is 61.3 Å². The first-order valence-corrected chi connectivity index (χ1v) is 33.3. The number of primary amides is 1. The highest BCUT2D eigenvalue weighted by molar-refractivity contribution is 6.74. The van der Waals surface area contributed by atoms with Gasteiger partial charge in [-0.05, 0) is 132 Å². The van der Waals surface area contributed by atoms with E-state index in [0.717, 1.165) is 0 Å². The molecule has 9 N–H and O–H groups in total. The molecule has 0 radical (unpaired) electrons. The maximum absolute atomic E-state index is 16.1. The molecule has 5 aliphatic heterocycles. The van der Waals surface area contributed by atoms with Gasteiger partial charge in [-0.25, -0.2) is 0 Å². The summed E-state index contributed by atoms with van der Waals surface area (Å²) >= 11 is 14.4. The molecular weight excluding hydrogens is 1210 g/mol. The molecule has 9 atom stereocenters. The monoisotopic (exact) mass is 1290 g/mol. The number of carbonyl (C=O) groups excluding carboxylic acids is 7. The number of Topliss-reactive ketones (excluding diaryl/α,β-unsaturated/α-hetero) is 2. The summed E-state index contributed by atoms with van der Waals surface area (Å²) in [5.41, 5.74) is 8.22. The molecule has 5 amide bonds. The summed E-state index contributed by atoms with van der Waals surface area (Å²) in [7, 11) is 0.653. The van der Waals surface area contributed by atoms with Crippen LogP contribution in [0.2, 0.25) is 28.2 Å². The molecule has 5 aliphatic rings. The maximum atomic E-state index is 16.1. The number of halogens is 2. The molecular formula is C65H79BCl2N6O15Si. The molecule has 480 valence electrons. The minimum atomic E-state index is -2.93. The van der Waals surface area contributed by atoms with Crippen molar-refractivity contribution in [3.8, 4) is 51.4 Å². The summed E-state index contributed by atoms with van der Waals surface area (Å²) in [6, 6.07) is 14.7. The number of rotatable bonds is 13. The van der Waals surface area contributed by atoms with Gasteiger partial charge in [-0.1, -0.05) is 89.0 Å². The molecule has 5 aromatic carbocycles. The molecule has 10 rings (SSSR count). The van der Waals surface area contributed by atoms with E-state index in [9.17, 15) is 19.6 Å². The van der Waals surface area contributed by atoms with E-state index < -0.39 is 135 Å². The lowest BCUT2D eigenvalue weighted by Crippen LogP contribution is -2.55. The van der Waals surface area contributed by atoms with Crippen LogP contribution in [0, 0.1) is 18.8 Å². The van der Waals surface area contributed by atoms with Crippen LogP contribution in [-0.2, 0) is 38.0 Å². The SMILES string of the molecule is CN[C@@H](CC(C)C)C(=O)N[C@H]1C(=O)C[C@@H](CC(N)=O)C(=O)N[C@H]2C(=O)C[C@H]3C(=O)N[C@H](C(=O)N[C@@H](B(O)O)c4cc(C)cc(OC)c4-c4cc3ccc4OC)[C@H](C)c3ccc(c(Cl)c3)Oc3cc2cc(c3OC)Oc2ccc(cc2Cl)[C@H]1O[Si](C)(C)C(C)(C)C. The zero-order valence-corrected chi connectivity index (χ0v) is 55.2. The second kappa shape index (κ2) is 27.9. The Labute approximate surface area is 535 Å². The first-order chi connectivity index (χ1) is 42.4. The standard InChI is InChI=1S/C65H79BCl2N6O15Si/c1-31(2)20-44(70-8)63(80)73-57-45(75)26-38(29-53(69)77)61(78)72-56-37-27-51(59(86-11)52(28-37)88-49-19-16-36(25-43(49)68)58(57)89-90(12,13)65(5,6)7)87-48-18-14-34(24-42(48)67)33(4)55-64(81)74-60(66(82)83)41-21-32(3)22-50(85-10)54(41)40-23-35(15-17-47(40)84-9)39(30-46(56)76)62(79)71-55/h14-19,21-25,27-28,31,33,38-39,44,55-58,60,70,82-83H,20,26,29-30H2,1-13H3,(H2,69,77)(H,71,79)(H,72,78)(H,73,80)(H,74,81)/t33-,38+,39-,44+,55+,56-,57+,58-,60-/m1/s1. The Kier molecular flexibility index (Phi) is 21.2. The predicted molar refractivity (Wildman–Crippen MR) is 343 cm³/mol. The van der Waals surface area contributed by atoms with Crippen LogP contribution in [0.15, 0.2) is 78.9 Å². The second-order valence-corrected chi connectivity index (χ2v) is 30.7. The molecule has 5 heterocycles. The average molecular weight is 1290 g/mol. The van der Waals surface area contributed by atoms with Gasteiger partial charge >= 0.3 is 7.12 Å². The Bertz CT molecular complexity index is 3620. The first kappa shape index (κ1) is 68.4. The molecule has 0 spiro atoms. The number of ketones is 2. The Hall–Kier alpha value is -7.51. The van der Waals surface area contributed by atoms with Crippen LogP contribution < -0.4 is 56.0 Å². The zero-order valence-electron chi connectivity index (χ0n) is 52.7. The van der Waals surface area contributed by atoms with Gasteiger partial charge in [0, 0.05) is 36.3 Å². The normalized spacial score (nSPS) is 21.8. The van der Waals surface area contributed by atoms with Gasteiger partial charge in [-0.15, -0.1) is 0 Å². The highest BCUT2D eigenvalue weighted by Crippen LogP contribution is 2.50. The van der Waals surface area contributed by atoms with Crippen molar-refractivity contribution in [2.45, 2.75) is 140 Å². The van der Waals surface area contributed by atoms with Crippen LogP contribution in [0.3, 0.4) is 0 Å². The Morgan fingerprint density at radius 1 is 0.756 bits per heavy atom. The van der Waals surface area contributed by atoms with Gasteiger partial charge in [0.25, 0.3) is 0 Å². The van der Waals surface area contributed by atoms with Gasteiger partial charge in [-0.3, -0.25) is 33.6 Å². The smallest absolute Gasteiger partial charge is 0.480 e. The fourth-order valence-electron chi connectivity index (χ4n) is 11.4. The van der Waals surface area contributed by atoms with E-state index in [1.807, 2.05) is 47.7 Å². The van der Waals surface area contributed by atoms with Crippen LogP contribution in [-0.4, -0.2) is 113 Å². The number of fused-ring (bicyclic) bond motifs is 15. The molecule has 0 aromatic heterocycles. The van der Waals surface area contributed by atoms with Crippen molar-refractivity contribution in [1.29, 1.82) is 0 Å². The minimum absolute atomic E-state index is 0.00314. The second-order valence-electron chi connectivity index (χ2n) is 25.2. The predicted octanol–water partition coefficient (Wildman–Crippen LogP) is 8.91. The molecule has 11 bridgehead atoms. The zero-order chi connectivity index (χ0) is 66.0. The number of likely N-dealkylation sites (N-methyl/N-ethyl adjacent to an activating group) is 1. The van der Waals surface area contributed by atoms with Crippen molar-refractivity contribution in [2.24, 2.45) is 17.6 Å². The summed E-state index contributed by atoms with van der Waals surface area (Å²) in [6.07, 6.45) is -3.05. The fraction of sp³-hybridized carbons (Fsp3) is 0.431. The summed E-state index contributed by atoms with van der Waals surface area (Å²) in [4.78, 5) is 106. The third-order valence-electron chi connectivity index (χ3n) is 17.3. The highest BCUT2D eigenvalue weighted by Gasteiger charge is 2.46. The Morgan fingerprint density at radius 3 is 1.92 bits per heavy atom. The van der Waals surface area contributed by atoms with Crippen LogP contribution in [0.1, 0.15) is 131 Å². The summed E-state index contributed by atoms with van der Waals surface area (Å²) in [5.74, 6) is -11.1. The minimum Gasteiger partial charge on any atom is -0.496 e. The number of nitrogens with two attached hydrogens (primary N) is 1. The van der Waals surface area contributed by atoms with Crippen LogP contribution in [0.5, 0.6) is 40.2 Å². The van der Waals surface area contributed by atoms with Gasteiger partial charge in [0.2, 0.25) is 35.3 Å². The maximum Gasteiger partial charge on any atom is 0.480 e. The molecule has 5 aromatic rings. The van der Waals surface area contributed by atoms with Crippen LogP contribution >= 0.6 is 23.2 Å². The molecule has 21 nitrogen and oxygen atoms in total. The van der Waals surface area contributed by atoms with Crippen LogP contribution in [0.25, 0.3) is 11.1 Å². The lowest BCUT2D eigenvalue weighted by atomic mass is 9.71. The molecule has 25 heteroatoms. The molecule has 0 fully saturated rings. The quantitative estimate of drug-likeness (QED) is 0.0510. The number of carbonyl (C=O) groups is 7. The van der Waals surface area contributed by atoms with E-state index in [0.29, 0.717) is 23.1 Å². The van der Waals surface area contributed by atoms with E-state index in [1.54, 1.807) is 75.5 Å². The molecule has 0 saturated carbocycles. The van der Waals surface area contributed by atoms with E-state index >= 15 is 24.0 Å². The van der Waals surface area contributed by atoms with E-state index in [-0.39, 0.29) is 84.0 Å². The first-order valence-electron chi connectivity index (χ1n) is 29.7. The van der Waals surface area contributed by atoms with E-state index in [4.69, 9.17) is 57.0 Å². The van der Waals surface area contributed by atoms with Crippen molar-refractivity contribution < 1.29 is 71.7 Å². The topological polar surface area (TPSA) is 302 Å².